The average Bonchev–Trinajstić information content (AvgIpc) is 2.63. The molecule has 1 aromatic heterocycles. The van der Waals surface area contributed by atoms with E-state index in [2.05, 4.69) is 21.0 Å². The van der Waals surface area contributed by atoms with Crippen LogP contribution in [0.15, 0.2) is 35.1 Å². The lowest BCUT2D eigenvalue weighted by atomic mass is 10.1. The monoisotopic (exact) mass is 295 g/mol. The molecule has 0 radical (unpaired) electrons. The molecule has 2 N–H and O–H groups in total. The molecular weight excluding hydrogens is 282 g/mol. The van der Waals surface area contributed by atoms with Crippen LogP contribution < -0.4 is 10.5 Å². The van der Waals surface area contributed by atoms with Crippen molar-refractivity contribution in [1.82, 2.24) is 9.78 Å². The Kier molecular flexibility index (Phi) is 3.49. The van der Waals surface area contributed by atoms with Crippen LogP contribution >= 0.6 is 15.9 Å². The third kappa shape index (κ3) is 2.87. The molecule has 2 rings (SSSR count). The maximum atomic E-state index is 5.84. The Bertz CT molecular complexity index is 522. The van der Waals surface area contributed by atoms with Gasteiger partial charge in [0.2, 0.25) is 0 Å². The minimum atomic E-state index is -0.00295. The molecule has 0 aliphatic heterocycles. The van der Waals surface area contributed by atoms with E-state index in [1.807, 2.05) is 38.4 Å². The van der Waals surface area contributed by atoms with E-state index in [-0.39, 0.29) is 6.04 Å². The number of hydrogen-bond donors (Lipinski definition) is 1. The normalized spacial score (nSPS) is 12.5. The molecule has 0 bridgehead atoms. The van der Waals surface area contributed by atoms with Gasteiger partial charge in [-0.25, -0.2) is 0 Å². The largest absolute Gasteiger partial charge is 0.454 e. The van der Waals surface area contributed by atoms with Crippen LogP contribution in [-0.2, 0) is 7.05 Å². The van der Waals surface area contributed by atoms with Crippen LogP contribution in [-0.4, -0.2) is 9.78 Å². The summed E-state index contributed by atoms with van der Waals surface area (Å²) in [6.45, 7) is 1.95. The Balaban J connectivity index is 2.20. The van der Waals surface area contributed by atoms with Gasteiger partial charge in [-0.2, -0.15) is 5.10 Å². The fraction of sp³-hybridized carbons (Fsp3) is 0.250. The van der Waals surface area contributed by atoms with E-state index in [1.165, 1.54) is 0 Å². The molecule has 0 aliphatic rings. The third-order valence-corrected chi connectivity index (χ3v) is 3.07. The minimum Gasteiger partial charge on any atom is -0.454 e. The van der Waals surface area contributed by atoms with Gasteiger partial charge in [0.15, 0.2) is 5.75 Å². The number of aromatic nitrogens is 2. The van der Waals surface area contributed by atoms with Crippen LogP contribution in [0.4, 0.5) is 0 Å². The summed E-state index contributed by atoms with van der Waals surface area (Å²) in [6, 6.07) is 5.76. The summed E-state index contributed by atoms with van der Waals surface area (Å²) < 4.78 is 8.31. The molecule has 1 aromatic carbocycles. The lowest BCUT2D eigenvalue weighted by molar-refractivity contribution is 0.481. The van der Waals surface area contributed by atoms with Gasteiger partial charge in [-0.3, -0.25) is 4.68 Å². The number of ether oxygens (including phenoxy) is 1. The molecule has 5 heteroatoms. The van der Waals surface area contributed by atoms with E-state index >= 15 is 0 Å². The SMILES string of the molecule is CC(N)c1ccc(Oc2cnn(C)c2)cc1Br. The fourth-order valence-corrected chi connectivity index (χ4v) is 2.25. The molecule has 0 amide bonds. The van der Waals surface area contributed by atoms with Crippen LogP contribution in [0, 0.1) is 0 Å². The van der Waals surface area contributed by atoms with Gasteiger partial charge in [0, 0.05) is 17.6 Å². The zero-order valence-corrected chi connectivity index (χ0v) is 11.3. The number of nitrogens with zero attached hydrogens (tertiary/aromatic N) is 2. The Labute approximate surface area is 109 Å². The van der Waals surface area contributed by atoms with Crippen molar-refractivity contribution in [3.63, 3.8) is 0 Å². The second-order valence-electron chi connectivity index (χ2n) is 3.92. The highest BCUT2D eigenvalue weighted by atomic mass is 79.9. The predicted molar refractivity (Wildman–Crippen MR) is 70.0 cm³/mol. The summed E-state index contributed by atoms with van der Waals surface area (Å²) in [6.07, 6.45) is 3.49. The number of aryl methyl sites for hydroxylation is 1. The van der Waals surface area contributed by atoms with Gasteiger partial charge in [0.1, 0.15) is 5.75 Å². The van der Waals surface area contributed by atoms with Crippen LogP contribution in [0.1, 0.15) is 18.5 Å². The number of rotatable bonds is 3. The number of hydrogen-bond acceptors (Lipinski definition) is 3. The molecule has 2 aromatic rings. The lowest BCUT2D eigenvalue weighted by Gasteiger charge is -2.10. The predicted octanol–water partition coefficient (Wildman–Crippen LogP) is 2.99. The van der Waals surface area contributed by atoms with E-state index in [0.29, 0.717) is 5.75 Å². The topological polar surface area (TPSA) is 53.1 Å². The Morgan fingerprint density at radius 3 is 2.71 bits per heavy atom. The molecule has 1 unspecified atom stereocenters. The Morgan fingerprint density at radius 1 is 1.41 bits per heavy atom. The smallest absolute Gasteiger partial charge is 0.165 e. The second-order valence-corrected chi connectivity index (χ2v) is 4.78. The summed E-state index contributed by atoms with van der Waals surface area (Å²) in [7, 11) is 1.85. The maximum absolute atomic E-state index is 5.84. The summed E-state index contributed by atoms with van der Waals surface area (Å²) in [5.74, 6) is 1.47. The van der Waals surface area contributed by atoms with Crippen molar-refractivity contribution >= 4 is 15.9 Å². The molecule has 0 fully saturated rings. The van der Waals surface area contributed by atoms with Crippen molar-refractivity contribution in [2.24, 2.45) is 12.8 Å². The highest BCUT2D eigenvalue weighted by molar-refractivity contribution is 9.10. The van der Waals surface area contributed by atoms with Crippen LogP contribution in [0.2, 0.25) is 0 Å². The van der Waals surface area contributed by atoms with Crippen molar-refractivity contribution in [2.75, 3.05) is 0 Å². The first-order valence-electron chi connectivity index (χ1n) is 5.28. The van der Waals surface area contributed by atoms with Gasteiger partial charge >= 0.3 is 0 Å². The van der Waals surface area contributed by atoms with E-state index in [4.69, 9.17) is 10.5 Å². The number of halogens is 1. The van der Waals surface area contributed by atoms with E-state index < -0.39 is 0 Å². The number of benzene rings is 1. The van der Waals surface area contributed by atoms with Crippen LogP contribution in [0.25, 0.3) is 0 Å². The molecule has 0 aliphatic carbocycles. The molecule has 0 saturated carbocycles. The van der Waals surface area contributed by atoms with Gasteiger partial charge < -0.3 is 10.5 Å². The first-order valence-corrected chi connectivity index (χ1v) is 6.07. The van der Waals surface area contributed by atoms with E-state index in [9.17, 15) is 0 Å². The molecule has 0 saturated heterocycles. The fourth-order valence-electron chi connectivity index (χ4n) is 1.53. The maximum Gasteiger partial charge on any atom is 0.165 e. The van der Waals surface area contributed by atoms with Crippen molar-refractivity contribution < 1.29 is 4.74 Å². The molecule has 0 spiro atoms. The van der Waals surface area contributed by atoms with Crippen LogP contribution in [0.3, 0.4) is 0 Å². The Hall–Kier alpha value is -1.33. The van der Waals surface area contributed by atoms with Crippen LogP contribution in [0.5, 0.6) is 11.5 Å². The van der Waals surface area contributed by atoms with Crippen molar-refractivity contribution in [1.29, 1.82) is 0 Å². The third-order valence-electron chi connectivity index (χ3n) is 2.38. The standard InChI is InChI=1S/C12H14BrN3O/c1-8(14)11-4-3-9(5-12(11)13)17-10-6-15-16(2)7-10/h3-8H,14H2,1-2H3. The molecule has 1 heterocycles. The number of nitrogens with two attached hydrogens (primary N) is 1. The average molecular weight is 296 g/mol. The Morgan fingerprint density at radius 2 is 2.18 bits per heavy atom. The van der Waals surface area contributed by atoms with Gasteiger partial charge in [0.25, 0.3) is 0 Å². The molecule has 90 valence electrons. The quantitative estimate of drug-likeness (QED) is 0.947. The van der Waals surface area contributed by atoms with Crippen molar-refractivity contribution in [2.45, 2.75) is 13.0 Å². The zero-order valence-electron chi connectivity index (χ0n) is 9.72. The minimum absolute atomic E-state index is 0.00295. The van der Waals surface area contributed by atoms with Gasteiger partial charge in [-0.1, -0.05) is 22.0 Å². The van der Waals surface area contributed by atoms with Gasteiger partial charge in [0.05, 0.1) is 12.4 Å². The second kappa shape index (κ2) is 4.89. The first kappa shape index (κ1) is 12.1. The van der Waals surface area contributed by atoms with Gasteiger partial charge in [-0.05, 0) is 24.6 Å². The molecule has 17 heavy (non-hydrogen) atoms. The molecule has 1 atom stereocenters. The lowest BCUT2D eigenvalue weighted by Crippen LogP contribution is -2.05. The molecular formula is C12H14BrN3O. The van der Waals surface area contributed by atoms with E-state index in [1.54, 1.807) is 10.9 Å². The van der Waals surface area contributed by atoms with E-state index in [0.717, 1.165) is 15.8 Å². The summed E-state index contributed by atoms with van der Waals surface area (Å²) in [5.41, 5.74) is 6.90. The summed E-state index contributed by atoms with van der Waals surface area (Å²) in [4.78, 5) is 0. The molecule has 4 nitrogen and oxygen atoms in total. The highest BCUT2D eigenvalue weighted by Crippen LogP contribution is 2.29. The van der Waals surface area contributed by atoms with Gasteiger partial charge in [-0.15, -0.1) is 0 Å². The first-order chi connectivity index (χ1) is 8.06. The highest BCUT2D eigenvalue weighted by Gasteiger charge is 2.07. The zero-order chi connectivity index (χ0) is 12.4. The van der Waals surface area contributed by atoms with Crippen molar-refractivity contribution in [3.05, 3.63) is 40.6 Å². The summed E-state index contributed by atoms with van der Waals surface area (Å²) in [5, 5.41) is 4.04. The van der Waals surface area contributed by atoms with Crippen molar-refractivity contribution in [3.8, 4) is 11.5 Å². The summed E-state index contributed by atoms with van der Waals surface area (Å²) >= 11 is 3.49.